The van der Waals surface area contributed by atoms with Crippen molar-refractivity contribution in [3.63, 3.8) is 0 Å². The molecular weight excluding hydrogens is 390 g/mol. The van der Waals surface area contributed by atoms with Crippen LogP contribution in [-0.2, 0) is 14.6 Å². The first kappa shape index (κ1) is 19.9. The van der Waals surface area contributed by atoms with Crippen LogP contribution in [0.25, 0.3) is 0 Å². The Bertz CT molecular complexity index is 1080. The normalized spacial score (nSPS) is 23.6. The van der Waals surface area contributed by atoms with Crippen LogP contribution in [0.5, 0.6) is 5.75 Å². The third-order valence-corrected chi connectivity index (χ3v) is 7.74. The van der Waals surface area contributed by atoms with E-state index < -0.39 is 27.6 Å². The monoisotopic (exact) mass is 415 g/mol. The van der Waals surface area contributed by atoms with Gasteiger partial charge in [0.15, 0.2) is 0 Å². The third kappa shape index (κ3) is 3.22. The van der Waals surface area contributed by atoms with Gasteiger partial charge in [-0.05, 0) is 57.0 Å². The third-order valence-electron chi connectivity index (χ3n) is 5.82. The predicted molar refractivity (Wildman–Crippen MR) is 107 cm³/mol. The molecule has 29 heavy (non-hydrogen) atoms. The van der Waals surface area contributed by atoms with Gasteiger partial charge in [-0.3, -0.25) is 4.79 Å². The van der Waals surface area contributed by atoms with E-state index in [1.165, 1.54) is 6.07 Å². The fourth-order valence-electron chi connectivity index (χ4n) is 4.20. The number of amides is 1. The molecule has 1 fully saturated rings. The zero-order valence-corrected chi connectivity index (χ0v) is 17.6. The minimum Gasteiger partial charge on any atom is -0.485 e. The Morgan fingerprint density at radius 1 is 1.17 bits per heavy atom. The van der Waals surface area contributed by atoms with Gasteiger partial charge in [0.25, 0.3) is 0 Å². The Labute approximate surface area is 171 Å². The number of rotatable bonds is 3. The first-order valence-corrected chi connectivity index (χ1v) is 11.2. The van der Waals surface area contributed by atoms with Gasteiger partial charge in [0.1, 0.15) is 17.5 Å². The van der Waals surface area contributed by atoms with Crippen molar-refractivity contribution in [3.05, 3.63) is 53.6 Å². The van der Waals surface area contributed by atoms with Crippen molar-refractivity contribution in [1.82, 2.24) is 4.90 Å². The number of nitrogens with zero attached hydrogens (tertiary/aromatic N) is 1. The number of hydrogen-bond donors (Lipinski definition) is 1. The lowest BCUT2D eigenvalue weighted by Crippen LogP contribution is -2.53. The maximum Gasteiger partial charge on any atom is 0.223 e. The van der Waals surface area contributed by atoms with Gasteiger partial charge in [-0.1, -0.05) is 18.2 Å². The van der Waals surface area contributed by atoms with Gasteiger partial charge >= 0.3 is 0 Å². The van der Waals surface area contributed by atoms with E-state index in [9.17, 15) is 18.3 Å². The Kier molecular flexibility index (Phi) is 4.70. The highest BCUT2D eigenvalue weighted by atomic mass is 32.2. The number of hydrogen-bond acceptors (Lipinski definition) is 5. The second kappa shape index (κ2) is 6.85. The van der Waals surface area contributed by atoms with Crippen molar-refractivity contribution in [3.8, 4) is 5.75 Å². The van der Waals surface area contributed by atoms with Crippen molar-refractivity contribution < 1.29 is 23.1 Å². The van der Waals surface area contributed by atoms with E-state index >= 15 is 0 Å². The van der Waals surface area contributed by atoms with Gasteiger partial charge < -0.3 is 14.7 Å². The summed E-state index contributed by atoms with van der Waals surface area (Å²) in [6.45, 7) is 5.83. The highest BCUT2D eigenvalue weighted by molar-refractivity contribution is 7.91. The van der Waals surface area contributed by atoms with Crippen molar-refractivity contribution in [1.29, 1.82) is 0 Å². The smallest absolute Gasteiger partial charge is 0.223 e. The van der Waals surface area contributed by atoms with Gasteiger partial charge in [-0.15, -0.1) is 0 Å². The van der Waals surface area contributed by atoms with Crippen LogP contribution in [0.15, 0.2) is 52.3 Å². The Morgan fingerprint density at radius 3 is 2.55 bits per heavy atom. The van der Waals surface area contributed by atoms with Gasteiger partial charge in [0.05, 0.1) is 15.8 Å². The molecule has 0 saturated carbocycles. The zero-order chi connectivity index (χ0) is 21.0. The molecule has 2 atom stereocenters. The number of aliphatic hydroxyl groups is 1. The quantitative estimate of drug-likeness (QED) is 0.833. The average molecular weight is 416 g/mol. The Hall–Kier alpha value is -2.38. The molecule has 2 aliphatic heterocycles. The van der Waals surface area contributed by atoms with E-state index in [2.05, 4.69) is 0 Å². The summed E-state index contributed by atoms with van der Waals surface area (Å²) in [7, 11) is -3.75. The van der Waals surface area contributed by atoms with E-state index in [1.807, 2.05) is 0 Å². The van der Waals surface area contributed by atoms with Crippen LogP contribution in [-0.4, -0.2) is 42.6 Å². The minimum absolute atomic E-state index is 0.0372. The van der Waals surface area contributed by atoms with Crippen LogP contribution >= 0.6 is 0 Å². The van der Waals surface area contributed by atoms with E-state index in [0.717, 1.165) is 6.42 Å². The number of benzene rings is 2. The maximum atomic E-state index is 13.3. The molecule has 7 heteroatoms. The second-order valence-corrected chi connectivity index (χ2v) is 10.2. The van der Waals surface area contributed by atoms with Gasteiger partial charge in [0.2, 0.25) is 15.7 Å². The molecule has 0 spiro atoms. The number of aliphatic hydroxyl groups excluding tert-OH is 1. The lowest BCUT2D eigenvalue weighted by atomic mass is 9.85. The summed E-state index contributed by atoms with van der Waals surface area (Å²) in [5.41, 5.74) is 0.285. The largest absolute Gasteiger partial charge is 0.485 e. The molecule has 1 N–H and O–H groups in total. The molecule has 1 saturated heterocycles. The summed E-state index contributed by atoms with van der Waals surface area (Å²) in [6.07, 6.45) is 0.175. The minimum atomic E-state index is -3.75. The van der Waals surface area contributed by atoms with Crippen LogP contribution in [0.3, 0.4) is 0 Å². The maximum absolute atomic E-state index is 13.3. The zero-order valence-electron chi connectivity index (χ0n) is 16.8. The molecular formula is C22H25NO5S. The molecule has 0 bridgehead atoms. The molecule has 6 nitrogen and oxygen atoms in total. The molecule has 2 aromatic carbocycles. The molecule has 2 heterocycles. The summed E-state index contributed by atoms with van der Waals surface area (Å²) in [4.78, 5) is 14.5. The molecule has 0 radical (unpaired) electrons. The number of carbonyl (C=O) groups is 1. The standard InChI is InChI=1S/C22H25NO5S/c1-14-7-4-5-8-18(14)29(26,27)15-10-11-17-16(13-15)20(21(25)22(2,3)28-17)23-12-6-9-19(23)24/h4-5,7-8,10-11,13,20-21,25H,6,9,12H2,1-3H3/t20-,21+/m0/s1. The average Bonchev–Trinajstić information content (AvgIpc) is 3.08. The SMILES string of the molecule is Cc1ccccc1S(=O)(=O)c1ccc2c(c1)[C@H](N1CCCC1=O)[C@@H](O)C(C)(C)O2. The van der Waals surface area contributed by atoms with E-state index in [0.29, 0.717) is 29.8 Å². The summed E-state index contributed by atoms with van der Waals surface area (Å²) >= 11 is 0. The molecule has 4 rings (SSSR count). The molecule has 0 aromatic heterocycles. The number of likely N-dealkylation sites (tertiary alicyclic amines) is 1. The molecule has 154 valence electrons. The van der Waals surface area contributed by atoms with Crippen molar-refractivity contribution >= 4 is 15.7 Å². The Morgan fingerprint density at radius 2 is 1.90 bits per heavy atom. The highest BCUT2D eigenvalue weighted by Gasteiger charge is 2.47. The lowest BCUT2D eigenvalue weighted by Gasteiger charge is -2.45. The van der Waals surface area contributed by atoms with E-state index in [-0.39, 0.29) is 15.7 Å². The number of ether oxygens (including phenoxy) is 1. The number of fused-ring (bicyclic) bond motifs is 1. The van der Waals surface area contributed by atoms with Crippen molar-refractivity contribution in [2.75, 3.05) is 6.54 Å². The highest BCUT2D eigenvalue weighted by Crippen LogP contribution is 2.45. The number of carbonyl (C=O) groups excluding carboxylic acids is 1. The fraction of sp³-hybridized carbons (Fsp3) is 0.409. The second-order valence-electron chi connectivity index (χ2n) is 8.25. The fourth-order valence-corrected chi connectivity index (χ4v) is 5.73. The lowest BCUT2D eigenvalue weighted by molar-refractivity contribution is -0.139. The topological polar surface area (TPSA) is 83.9 Å². The molecule has 0 aliphatic carbocycles. The van der Waals surface area contributed by atoms with Crippen LogP contribution < -0.4 is 4.74 Å². The summed E-state index contributed by atoms with van der Waals surface area (Å²) < 4.78 is 32.5. The first-order chi connectivity index (χ1) is 13.6. The Balaban J connectivity index is 1.86. The molecule has 2 aliphatic rings. The van der Waals surface area contributed by atoms with Gasteiger partial charge in [0, 0.05) is 18.5 Å². The van der Waals surface area contributed by atoms with Crippen molar-refractivity contribution in [2.45, 2.75) is 61.2 Å². The van der Waals surface area contributed by atoms with Crippen molar-refractivity contribution in [2.24, 2.45) is 0 Å². The van der Waals surface area contributed by atoms with Crippen LogP contribution in [0.1, 0.15) is 43.9 Å². The van der Waals surface area contributed by atoms with Crippen LogP contribution in [0.2, 0.25) is 0 Å². The van der Waals surface area contributed by atoms with Crippen LogP contribution in [0.4, 0.5) is 0 Å². The van der Waals surface area contributed by atoms with E-state index in [1.54, 1.807) is 62.1 Å². The van der Waals surface area contributed by atoms with Crippen LogP contribution in [0, 0.1) is 6.92 Å². The summed E-state index contributed by atoms with van der Waals surface area (Å²) in [5, 5.41) is 11.0. The predicted octanol–water partition coefficient (Wildman–Crippen LogP) is 3.02. The molecule has 0 unspecified atom stereocenters. The van der Waals surface area contributed by atoms with Gasteiger partial charge in [-0.2, -0.15) is 0 Å². The van der Waals surface area contributed by atoms with E-state index in [4.69, 9.17) is 4.74 Å². The number of sulfone groups is 1. The summed E-state index contributed by atoms with van der Waals surface area (Å²) in [5.74, 6) is 0.457. The summed E-state index contributed by atoms with van der Waals surface area (Å²) in [6, 6.07) is 10.9. The van der Waals surface area contributed by atoms with Gasteiger partial charge in [-0.25, -0.2) is 8.42 Å². The molecule has 2 aromatic rings. The number of aryl methyl sites for hydroxylation is 1. The first-order valence-electron chi connectivity index (χ1n) is 9.74. The molecule has 1 amide bonds.